The predicted octanol–water partition coefficient (Wildman–Crippen LogP) is 5.18. The van der Waals surface area contributed by atoms with Crippen LogP contribution in [-0.4, -0.2) is 56.6 Å². The quantitative estimate of drug-likeness (QED) is 0.353. The highest BCUT2D eigenvalue weighted by molar-refractivity contribution is 7.92. The first-order chi connectivity index (χ1) is 16.9. The smallest absolute Gasteiger partial charge is 0.244 e. The van der Waals surface area contributed by atoms with Crippen LogP contribution < -0.4 is 9.62 Å². The lowest BCUT2D eigenvalue weighted by Crippen LogP contribution is -2.54. The zero-order valence-corrected chi connectivity index (χ0v) is 23.9. The summed E-state index contributed by atoms with van der Waals surface area (Å²) in [6.07, 6.45) is 2.56. The summed E-state index contributed by atoms with van der Waals surface area (Å²) in [4.78, 5) is 28.2. The third kappa shape index (κ3) is 8.26. The van der Waals surface area contributed by atoms with E-state index in [0.717, 1.165) is 22.5 Å². The second-order valence-electron chi connectivity index (χ2n) is 8.55. The van der Waals surface area contributed by atoms with E-state index in [0.29, 0.717) is 12.8 Å². The maximum Gasteiger partial charge on any atom is 0.244 e. The summed E-state index contributed by atoms with van der Waals surface area (Å²) in [5.41, 5.74) is 1.02. The summed E-state index contributed by atoms with van der Waals surface area (Å²) in [5.74, 6) is -0.823. The van der Waals surface area contributed by atoms with E-state index in [9.17, 15) is 18.0 Å². The van der Waals surface area contributed by atoms with Crippen LogP contribution in [0.3, 0.4) is 0 Å². The van der Waals surface area contributed by atoms with Gasteiger partial charge in [-0.25, -0.2) is 8.42 Å². The minimum Gasteiger partial charge on any atom is -0.352 e. The molecule has 0 aliphatic carbocycles. The molecular formula is C25H32Cl3N3O4S. The van der Waals surface area contributed by atoms with Crippen molar-refractivity contribution in [3.05, 3.63) is 63.1 Å². The molecule has 2 aromatic rings. The monoisotopic (exact) mass is 575 g/mol. The molecule has 0 unspecified atom stereocenters. The van der Waals surface area contributed by atoms with Gasteiger partial charge in [0.2, 0.25) is 21.8 Å². The van der Waals surface area contributed by atoms with Crippen LogP contribution in [0, 0.1) is 0 Å². The lowest BCUT2D eigenvalue weighted by molar-refractivity contribution is -0.139. The molecule has 0 bridgehead atoms. The molecule has 0 aromatic heterocycles. The lowest BCUT2D eigenvalue weighted by atomic mass is 10.1. The third-order valence-electron chi connectivity index (χ3n) is 5.81. The van der Waals surface area contributed by atoms with Crippen molar-refractivity contribution in [2.45, 2.75) is 52.1 Å². The van der Waals surface area contributed by atoms with Gasteiger partial charge in [-0.1, -0.05) is 79.0 Å². The third-order valence-corrected chi connectivity index (χ3v) is 7.96. The Kier molecular flexibility index (Phi) is 11.3. The Balaban J connectivity index is 2.43. The molecule has 2 atom stereocenters. The summed E-state index contributed by atoms with van der Waals surface area (Å²) in [6, 6.07) is 11.3. The predicted molar refractivity (Wildman–Crippen MR) is 147 cm³/mol. The molecule has 2 rings (SSSR count). The van der Waals surface area contributed by atoms with Gasteiger partial charge in [-0.15, -0.1) is 0 Å². The van der Waals surface area contributed by atoms with Crippen molar-refractivity contribution in [1.29, 1.82) is 0 Å². The summed E-state index contributed by atoms with van der Waals surface area (Å²) in [5, 5.41) is 3.21. The fraction of sp³-hybridized carbons (Fsp3) is 0.440. The van der Waals surface area contributed by atoms with Gasteiger partial charge in [-0.05, 0) is 43.9 Å². The molecule has 2 amide bonds. The van der Waals surface area contributed by atoms with E-state index >= 15 is 0 Å². The van der Waals surface area contributed by atoms with Gasteiger partial charge in [-0.3, -0.25) is 13.9 Å². The Morgan fingerprint density at radius 1 is 0.972 bits per heavy atom. The van der Waals surface area contributed by atoms with E-state index in [2.05, 4.69) is 5.32 Å². The number of hydrogen-bond donors (Lipinski definition) is 1. The number of anilines is 1. The number of carbonyl (C=O) groups is 2. The maximum atomic E-state index is 13.7. The van der Waals surface area contributed by atoms with Crippen molar-refractivity contribution in [1.82, 2.24) is 10.2 Å². The Labute approximate surface area is 228 Å². The first kappa shape index (κ1) is 30.2. The lowest BCUT2D eigenvalue weighted by Gasteiger charge is -2.33. The fourth-order valence-electron chi connectivity index (χ4n) is 3.63. The minimum atomic E-state index is -3.94. The van der Waals surface area contributed by atoms with Crippen molar-refractivity contribution in [2.75, 3.05) is 23.7 Å². The second kappa shape index (κ2) is 13.5. The number of nitrogens with one attached hydrogen (secondary N) is 1. The summed E-state index contributed by atoms with van der Waals surface area (Å²) < 4.78 is 26.3. The minimum absolute atomic E-state index is 0.0278. The van der Waals surface area contributed by atoms with E-state index in [1.807, 2.05) is 51.1 Å². The van der Waals surface area contributed by atoms with Gasteiger partial charge in [0.15, 0.2) is 0 Å². The molecule has 0 aliphatic heterocycles. The first-order valence-electron chi connectivity index (χ1n) is 11.6. The van der Waals surface area contributed by atoms with Crippen LogP contribution in [0.1, 0.15) is 39.2 Å². The average molecular weight is 577 g/mol. The number of halogens is 3. The first-order valence-corrected chi connectivity index (χ1v) is 14.6. The molecule has 36 heavy (non-hydrogen) atoms. The Morgan fingerprint density at radius 2 is 1.58 bits per heavy atom. The van der Waals surface area contributed by atoms with Gasteiger partial charge in [-0.2, -0.15) is 0 Å². The number of sulfonamides is 1. The molecule has 7 nitrogen and oxygen atoms in total. The molecule has 0 spiro atoms. The standard InChI is InChI=1S/C25H32Cl3N3O4S/c1-5-17(3)29-25(33)22(6-2)30(13-12-18-10-8-7-9-11-18)24(32)16-31(36(4,34)35)23-15-20(27)19(26)14-21(23)28/h7-11,14-15,17,22H,5-6,12-13,16H2,1-4H3,(H,29,33)/t17-,22-/m1/s1. The number of benzene rings is 2. The van der Waals surface area contributed by atoms with E-state index in [-0.39, 0.29) is 39.2 Å². The van der Waals surface area contributed by atoms with Crippen LogP contribution in [0.4, 0.5) is 5.69 Å². The molecule has 0 fully saturated rings. The van der Waals surface area contributed by atoms with Gasteiger partial charge < -0.3 is 10.2 Å². The van der Waals surface area contributed by atoms with E-state index in [4.69, 9.17) is 34.8 Å². The second-order valence-corrected chi connectivity index (χ2v) is 11.7. The van der Waals surface area contributed by atoms with Crippen LogP contribution in [0.25, 0.3) is 0 Å². The zero-order chi connectivity index (χ0) is 27.0. The largest absolute Gasteiger partial charge is 0.352 e. The molecule has 0 heterocycles. The highest BCUT2D eigenvalue weighted by Crippen LogP contribution is 2.35. The van der Waals surface area contributed by atoms with Crippen LogP contribution in [0.15, 0.2) is 42.5 Å². The SMILES string of the molecule is CC[C@@H](C)NC(=O)[C@@H](CC)N(CCc1ccccc1)C(=O)CN(c1cc(Cl)c(Cl)cc1Cl)S(C)(=O)=O. The Morgan fingerprint density at radius 3 is 2.14 bits per heavy atom. The van der Waals surface area contributed by atoms with Crippen molar-refractivity contribution < 1.29 is 18.0 Å². The highest BCUT2D eigenvalue weighted by Gasteiger charge is 2.32. The van der Waals surface area contributed by atoms with E-state index in [1.54, 1.807) is 0 Å². The normalized spacial score (nSPS) is 13.1. The molecule has 0 saturated carbocycles. The summed E-state index contributed by atoms with van der Waals surface area (Å²) in [7, 11) is -3.94. The molecular weight excluding hydrogens is 545 g/mol. The van der Waals surface area contributed by atoms with Crippen LogP contribution in [0.2, 0.25) is 15.1 Å². The van der Waals surface area contributed by atoms with Gasteiger partial charge in [0.1, 0.15) is 12.6 Å². The van der Waals surface area contributed by atoms with Crippen LogP contribution in [-0.2, 0) is 26.0 Å². The fourth-order valence-corrected chi connectivity index (χ4v) is 5.18. The van der Waals surface area contributed by atoms with Crippen molar-refractivity contribution in [3.63, 3.8) is 0 Å². The topological polar surface area (TPSA) is 86.8 Å². The molecule has 0 aliphatic rings. The zero-order valence-electron chi connectivity index (χ0n) is 20.8. The summed E-state index contributed by atoms with van der Waals surface area (Å²) in [6.45, 7) is 5.32. The Bertz CT molecular complexity index is 1160. The van der Waals surface area contributed by atoms with Crippen LogP contribution >= 0.6 is 34.8 Å². The number of carbonyl (C=O) groups excluding carboxylic acids is 2. The van der Waals surface area contributed by atoms with Crippen molar-refractivity contribution in [2.24, 2.45) is 0 Å². The Hall–Kier alpha value is -2.00. The van der Waals surface area contributed by atoms with E-state index < -0.39 is 28.5 Å². The van der Waals surface area contributed by atoms with Gasteiger partial charge >= 0.3 is 0 Å². The van der Waals surface area contributed by atoms with E-state index in [1.165, 1.54) is 17.0 Å². The average Bonchev–Trinajstić information content (AvgIpc) is 2.82. The number of amides is 2. The highest BCUT2D eigenvalue weighted by atomic mass is 35.5. The molecule has 0 radical (unpaired) electrons. The number of hydrogen-bond acceptors (Lipinski definition) is 4. The molecule has 11 heteroatoms. The van der Waals surface area contributed by atoms with Crippen molar-refractivity contribution in [3.8, 4) is 0 Å². The van der Waals surface area contributed by atoms with Gasteiger partial charge in [0.25, 0.3) is 0 Å². The summed E-state index contributed by atoms with van der Waals surface area (Å²) >= 11 is 18.4. The molecule has 2 aromatic carbocycles. The number of rotatable bonds is 12. The van der Waals surface area contributed by atoms with Gasteiger partial charge in [0.05, 0.1) is 27.0 Å². The molecule has 0 saturated heterocycles. The van der Waals surface area contributed by atoms with Crippen molar-refractivity contribution >= 4 is 62.3 Å². The molecule has 1 N–H and O–H groups in total. The maximum absolute atomic E-state index is 13.7. The number of nitrogens with zero attached hydrogens (tertiary/aromatic N) is 2. The molecule has 198 valence electrons. The van der Waals surface area contributed by atoms with Gasteiger partial charge in [0, 0.05) is 12.6 Å². The van der Waals surface area contributed by atoms with Crippen LogP contribution in [0.5, 0.6) is 0 Å².